The minimum atomic E-state index is -0.420. The maximum absolute atomic E-state index is 10.7. The second-order valence-corrected chi connectivity index (χ2v) is 9.41. The summed E-state index contributed by atoms with van der Waals surface area (Å²) in [7, 11) is 0. The summed E-state index contributed by atoms with van der Waals surface area (Å²) < 4.78 is 6.39. The first-order valence-corrected chi connectivity index (χ1v) is 12.7. The van der Waals surface area contributed by atoms with Gasteiger partial charge in [0.05, 0.1) is 12.2 Å². The van der Waals surface area contributed by atoms with Gasteiger partial charge in [0.2, 0.25) is 0 Å². The average molecular weight is 430 g/mol. The number of fused-ring (bicyclic) bond motifs is 3. The molecule has 174 valence electrons. The zero-order valence-electron chi connectivity index (χ0n) is 19.6. The molecular formula is C27H43NO3. The van der Waals surface area contributed by atoms with Gasteiger partial charge < -0.3 is 20.3 Å². The predicted octanol–water partition coefficient (Wildman–Crippen LogP) is 5.12. The fraction of sp³-hybridized carbons (Fsp3) is 0.704. The molecule has 31 heavy (non-hydrogen) atoms. The lowest BCUT2D eigenvalue weighted by Gasteiger charge is -2.18. The second kappa shape index (κ2) is 12.6. The third-order valence-corrected chi connectivity index (χ3v) is 6.90. The van der Waals surface area contributed by atoms with Crippen LogP contribution in [0.1, 0.15) is 88.7 Å². The number of hydrogen-bond acceptors (Lipinski definition) is 4. The predicted molar refractivity (Wildman–Crippen MR) is 128 cm³/mol. The molecule has 4 heteroatoms. The Morgan fingerprint density at radius 3 is 2.71 bits per heavy atom. The molecule has 1 heterocycles. The molecule has 0 bridgehead atoms. The zero-order chi connectivity index (χ0) is 22.1. The summed E-state index contributed by atoms with van der Waals surface area (Å²) in [5, 5.41) is 24.5. The minimum Gasteiger partial charge on any atom is -0.489 e. The Morgan fingerprint density at radius 1 is 1.10 bits per heavy atom. The van der Waals surface area contributed by atoms with Gasteiger partial charge in [-0.2, -0.15) is 0 Å². The minimum absolute atomic E-state index is 0.0186. The van der Waals surface area contributed by atoms with Crippen LogP contribution in [0.4, 0.5) is 0 Å². The van der Waals surface area contributed by atoms with Crippen molar-refractivity contribution in [2.24, 2.45) is 5.92 Å². The van der Waals surface area contributed by atoms with E-state index in [1.807, 2.05) is 6.08 Å². The molecule has 0 unspecified atom stereocenters. The number of ether oxygens (including phenoxy) is 1. The largest absolute Gasteiger partial charge is 0.489 e. The van der Waals surface area contributed by atoms with E-state index in [1.54, 1.807) is 0 Å². The van der Waals surface area contributed by atoms with E-state index >= 15 is 0 Å². The van der Waals surface area contributed by atoms with Crippen LogP contribution >= 0.6 is 0 Å². The number of aliphatic hydroxyl groups is 2. The van der Waals surface area contributed by atoms with E-state index < -0.39 is 12.2 Å². The Bertz CT molecular complexity index is 689. The van der Waals surface area contributed by atoms with Gasteiger partial charge in [0.15, 0.2) is 0 Å². The molecule has 2 aliphatic rings. The summed E-state index contributed by atoms with van der Waals surface area (Å²) in [5.41, 5.74) is 2.55. The van der Waals surface area contributed by atoms with E-state index in [-0.39, 0.29) is 17.9 Å². The maximum Gasteiger partial charge on any atom is 0.126 e. The van der Waals surface area contributed by atoms with E-state index in [4.69, 9.17) is 4.74 Å². The summed E-state index contributed by atoms with van der Waals surface area (Å²) in [6.45, 7) is 6.60. The number of benzene rings is 1. The summed E-state index contributed by atoms with van der Waals surface area (Å²) in [5.74, 6) is 1.27. The Morgan fingerprint density at radius 2 is 1.90 bits per heavy atom. The molecule has 0 saturated heterocycles. The standard InChI is InChI=1S/C27H43NO3/c1-3-5-7-13-21(29)15-16-22-24(30)19-25-26(22)23-14-10-12-20(27(23)31-25)11-8-9-18-28-17-6-4-2/h10,12,14-16,21-22,24-26,28-30H,3-9,11,13,17-19H2,1-2H3/t21-,22-,24+,25-,26-/m0/s1. The van der Waals surface area contributed by atoms with Gasteiger partial charge in [-0.3, -0.25) is 0 Å². The molecule has 5 atom stereocenters. The summed E-state index contributed by atoms with van der Waals surface area (Å²) in [4.78, 5) is 0. The van der Waals surface area contributed by atoms with Crippen molar-refractivity contribution in [1.82, 2.24) is 5.32 Å². The lowest BCUT2D eigenvalue weighted by molar-refractivity contribution is 0.135. The highest BCUT2D eigenvalue weighted by Crippen LogP contribution is 2.52. The van der Waals surface area contributed by atoms with Gasteiger partial charge in [0.1, 0.15) is 11.9 Å². The first-order chi connectivity index (χ1) is 15.2. The summed E-state index contributed by atoms with van der Waals surface area (Å²) in [6.07, 6.45) is 13.9. The molecule has 1 aromatic rings. The van der Waals surface area contributed by atoms with Crippen LogP contribution in [0.2, 0.25) is 0 Å². The van der Waals surface area contributed by atoms with Gasteiger partial charge in [-0.1, -0.05) is 69.9 Å². The number of hydrogen-bond donors (Lipinski definition) is 3. The molecule has 1 aliphatic carbocycles. The van der Waals surface area contributed by atoms with Gasteiger partial charge in [0, 0.05) is 23.8 Å². The van der Waals surface area contributed by atoms with Crippen molar-refractivity contribution in [2.75, 3.05) is 13.1 Å². The van der Waals surface area contributed by atoms with Crippen molar-refractivity contribution in [2.45, 2.75) is 102 Å². The lowest BCUT2D eigenvalue weighted by Crippen LogP contribution is -2.17. The van der Waals surface area contributed by atoms with Gasteiger partial charge in [0.25, 0.3) is 0 Å². The molecule has 4 nitrogen and oxygen atoms in total. The van der Waals surface area contributed by atoms with Gasteiger partial charge in [-0.25, -0.2) is 0 Å². The molecule has 3 N–H and O–H groups in total. The SMILES string of the molecule is CCCCC[C@H](O)C=C[C@@H]1[C@H]2c3cccc(CCCCNCCCC)c3O[C@H]2C[C@H]1O. The highest BCUT2D eigenvalue weighted by Gasteiger charge is 2.48. The van der Waals surface area contributed by atoms with E-state index in [2.05, 4.69) is 43.4 Å². The second-order valence-electron chi connectivity index (χ2n) is 9.41. The van der Waals surface area contributed by atoms with Crippen molar-refractivity contribution in [1.29, 1.82) is 0 Å². The number of rotatable bonds is 14. The lowest BCUT2D eigenvalue weighted by atomic mass is 9.86. The van der Waals surface area contributed by atoms with Crippen LogP contribution in [0.25, 0.3) is 0 Å². The smallest absolute Gasteiger partial charge is 0.126 e. The van der Waals surface area contributed by atoms with Crippen molar-refractivity contribution < 1.29 is 14.9 Å². The van der Waals surface area contributed by atoms with E-state index in [0.29, 0.717) is 6.42 Å². The molecule has 3 rings (SSSR count). The first-order valence-electron chi connectivity index (χ1n) is 12.7. The fourth-order valence-electron chi connectivity index (χ4n) is 5.11. The Labute approximate surface area is 189 Å². The molecular weight excluding hydrogens is 386 g/mol. The van der Waals surface area contributed by atoms with Crippen LogP contribution in [0.5, 0.6) is 5.75 Å². The van der Waals surface area contributed by atoms with Crippen molar-refractivity contribution in [3.8, 4) is 5.75 Å². The van der Waals surface area contributed by atoms with Crippen LogP contribution in [0, 0.1) is 5.92 Å². The van der Waals surface area contributed by atoms with Crippen LogP contribution in [-0.2, 0) is 6.42 Å². The van der Waals surface area contributed by atoms with E-state index in [0.717, 1.165) is 57.4 Å². The molecule has 0 amide bonds. The summed E-state index contributed by atoms with van der Waals surface area (Å²) >= 11 is 0. The first kappa shape index (κ1) is 24.3. The zero-order valence-corrected chi connectivity index (χ0v) is 19.6. The Kier molecular flexibility index (Phi) is 9.89. The highest BCUT2D eigenvalue weighted by atomic mass is 16.5. The van der Waals surface area contributed by atoms with Gasteiger partial charge >= 0.3 is 0 Å². The third kappa shape index (κ3) is 6.57. The summed E-state index contributed by atoms with van der Waals surface area (Å²) in [6, 6.07) is 6.51. The Balaban J connectivity index is 1.58. The molecule has 1 saturated carbocycles. The molecule has 0 spiro atoms. The number of nitrogens with one attached hydrogen (secondary N) is 1. The van der Waals surface area contributed by atoms with Crippen molar-refractivity contribution in [3.05, 3.63) is 41.5 Å². The molecule has 0 aromatic heterocycles. The third-order valence-electron chi connectivity index (χ3n) is 6.90. The molecule has 1 aliphatic heterocycles. The maximum atomic E-state index is 10.7. The number of unbranched alkanes of at least 4 members (excludes halogenated alkanes) is 4. The fourth-order valence-corrected chi connectivity index (χ4v) is 5.11. The van der Waals surface area contributed by atoms with Crippen LogP contribution in [-0.4, -0.2) is 41.6 Å². The quantitative estimate of drug-likeness (QED) is 0.284. The van der Waals surface area contributed by atoms with E-state index in [1.165, 1.54) is 30.4 Å². The van der Waals surface area contributed by atoms with Crippen LogP contribution in [0.3, 0.4) is 0 Å². The molecule has 0 radical (unpaired) electrons. The monoisotopic (exact) mass is 429 g/mol. The van der Waals surface area contributed by atoms with Crippen LogP contribution < -0.4 is 10.1 Å². The van der Waals surface area contributed by atoms with Crippen molar-refractivity contribution in [3.63, 3.8) is 0 Å². The normalized spacial score (nSPS) is 25.5. The molecule has 1 aromatic carbocycles. The Hall–Kier alpha value is -1.36. The van der Waals surface area contributed by atoms with Gasteiger partial charge in [-0.05, 0) is 50.8 Å². The van der Waals surface area contributed by atoms with Crippen molar-refractivity contribution >= 4 is 0 Å². The number of aryl methyl sites for hydroxylation is 1. The van der Waals surface area contributed by atoms with E-state index in [9.17, 15) is 10.2 Å². The van der Waals surface area contributed by atoms with Crippen LogP contribution in [0.15, 0.2) is 30.4 Å². The van der Waals surface area contributed by atoms with Gasteiger partial charge in [-0.15, -0.1) is 0 Å². The average Bonchev–Trinajstić information content (AvgIpc) is 3.27. The topological polar surface area (TPSA) is 61.7 Å². The molecule has 1 fully saturated rings. The number of aliphatic hydroxyl groups excluding tert-OH is 2. The number of para-hydroxylation sites is 1. The highest BCUT2D eigenvalue weighted by molar-refractivity contribution is 5.49.